The Bertz CT molecular complexity index is 395. The number of carbonyl (C=O) groups excluding carboxylic acids is 1. The Morgan fingerprint density at radius 2 is 1.80 bits per heavy atom. The smallest absolute Gasteiger partial charge is 0.232 e. The largest absolute Gasteiger partial charge is 0.342 e. The third kappa shape index (κ3) is 2.80. The molecule has 0 spiro atoms. The molecule has 6 nitrogen and oxygen atoms in total. The van der Waals surface area contributed by atoms with Gasteiger partial charge in [0.15, 0.2) is 0 Å². The highest BCUT2D eigenvalue weighted by molar-refractivity contribution is 5.82. The minimum atomic E-state index is -0.611. The number of hydrogen-bond donors (Lipinski definition) is 0. The number of carbonyl (C=O) groups is 1. The molecule has 3 atom stereocenters. The van der Waals surface area contributed by atoms with E-state index in [0.29, 0.717) is 12.5 Å². The van der Waals surface area contributed by atoms with Crippen LogP contribution in [-0.2, 0) is 4.79 Å². The lowest BCUT2D eigenvalue weighted by molar-refractivity contribution is -0.497. The Hall–Kier alpha value is -1.17. The van der Waals surface area contributed by atoms with Gasteiger partial charge in [-0.25, -0.2) is 0 Å². The van der Waals surface area contributed by atoms with Gasteiger partial charge in [-0.1, -0.05) is 0 Å². The third-order valence-corrected chi connectivity index (χ3v) is 5.01. The molecule has 2 heterocycles. The van der Waals surface area contributed by atoms with Crippen LogP contribution in [0.3, 0.4) is 0 Å². The molecule has 1 amide bonds. The molecule has 3 rings (SSSR count). The van der Waals surface area contributed by atoms with Gasteiger partial charge in [-0.2, -0.15) is 0 Å². The lowest BCUT2D eigenvalue weighted by atomic mass is 10.1. The standard InChI is InChI=1S/C14H23N3O3/c18-14(12-10-13(12)17(19)20)16-8-3-4-11(5-9-16)15-6-1-2-7-15/h11-13H,1-10H2/t11-,12-,13+/m1/s1. The fraction of sp³-hybridized carbons (Fsp3) is 0.929. The molecule has 0 radical (unpaired) electrons. The average Bonchev–Trinajstić information content (AvgIpc) is 3.14. The molecule has 0 N–H and O–H groups in total. The molecule has 3 fully saturated rings. The summed E-state index contributed by atoms with van der Waals surface area (Å²) in [6.45, 7) is 3.96. The Labute approximate surface area is 119 Å². The van der Waals surface area contributed by atoms with Crippen LogP contribution in [0, 0.1) is 16.0 Å². The summed E-state index contributed by atoms with van der Waals surface area (Å²) in [5.74, 6) is -0.317. The van der Waals surface area contributed by atoms with Crippen LogP contribution in [0.25, 0.3) is 0 Å². The van der Waals surface area contributed by atoms with Gasteiger partial charge in [0.2, 0.25) is 11.9 Å². The zero-order valence-electron chi connectivity index (χ0n) is 11.9. The first kappa shape index (κ1) is 13.8. The monoisotopic (exact) mass is 281 g/mol. The highest BCUT2D eigenvalue weighted by Crippen LogP contribution is 2.35. The fourth-order valence-electron chi connectivity index (χ4n) is 3.69. The van der Waals surface area contributed by atoms with E-state index >= 15 is 0 Å². The van der Waals surface area contributed by atoms with Crippen molar-refractivity contribution in [2.24, 2.45) is 5.92 Å². The molecule has 1 aliphatic carbocycles. The molecular formula is C14H23N3O3. The van der Waals surface area contributed by atoms with E-state index in [-0.39, 0.29) is 16.7 Å². The Morgan fingerprint density at radius 1 is 1.05 bits per heavy atom. The van der Waals surface area contributed by atoms with Crippen molar-refractivity contribution in [2.75, 3.05) is 26.2 Å². The van der Waals surface area contributed by atoms with Crippen molar-refractivity contribution in [3.8, 4) is 0 Å². The molecule has 0 aromatic heterocycles. The maximum atomic E-state index is 12.3. The van der Waals surface area contributed by atoms with Gasteiger partial charge in [-0.15, -0.1) is 0 Å². The maximum absolute atomic E-state index is 12.3. The van der Waals surface area contributed by atoms with Crippen LogP contribution in [0.15, 0.2) is 0 Å². The first-order valence-corrected chi connectivity index (χ1v) is 7.83. The minimum Gasteiger partial charge on any atom is -0.342 e. The van der Waals surface area contributed by atoms with Gasteiger partial charge < -0.3 is 9.80 Å². The normalized spacial score (nSPS) is 34.8. The lowest BCUT2D eigenvalue weighted by Crippen LogP contribution is -2.36. The van der Waals surface area contributed by atoms with Crippen LogP contribution in [0.2, 0.25) is 0 Å². The highest BCUT2D eigenvalue weighted by Gasteiger charge is 2.54. The maximum Gasteiger partial charge on any atom is 0.232 e. The van der Waals surface area contributed by atoms with Crippen LogP contribution in [-0.4, -0.2) is 58.9 Å². The summed E-state index contributed by atoms with van der Waals surface area (Å²) >= 11 is 0. The van der Waals surface area contributed by atoms with Gasteiger partial charge >= 0.3 is 0 Å². The van der Waals surface area contributed by atoms with Crippen molar-refractivity contribution in [2.45, 2.75) is 50.6 Å². The van der Waals surface area contributed by atoms with E-state index in [9.17, 15) is 14.9 Å². The van der Waals surface area contributed by atoms with Crippen LogP contribution in [0.1, 0.15) is 38.5 Å². The number of amides is 1. The summed E-state index contributed by atoms with van der Waals surface area (Å²) in [5.41, 5.74) is 0. The predicted molar refractivity (Wildman–Crippen MR) is 73.9 cm³/mol. The third-order valence-electron chi connectivity index (χ3n) is 5.01. The van der Waals surface area contributed by atoms with E-state index in [1.54, 1.807) is 0 Å². The summed E-state index contributed by atoms with van der Waals surface area (Å²) in [4.78, 5) is 27.1. The first-order valence-electron chi connectivity index (χ1n) is 7.83. The number of hydrogen-bond acceptors (Lipinski definition) is 4. The summed E-state index contributed by atoms with van der Waals surface area (Å²) in [7, 11) is 0. The van der Waals surface area contributed by atoms with Crippen molar-refractivity contribution in [3.63, 3.8) is 0 Å². The number of nitro groups is 1. The summed E-state index contributed by atoms with van der Waals surface area (Å²) < 4.78 is 0. The van der Waals surface area contributed by atoms with E-state index in [2.05, 4.69) is 4.90 Å². The van der Waals surface area contributed by atoms with E-state index in [1.165, 1.54) is 25.9 Å². The van der Waals surface area contributed by atoms with Crippen molar-refractivity contribution in [1.82, 2.24) is 9.80 Å². The summed E-state index contributed by atoms with van der Waals surface area (Å²) in [6.07, 6.45) is 6.26. The van der Waals surface area contributed by atoms with Gasteiger partial charge in [0.05, 0.1) is 0 Å². The molecule has 0 aromatic carbocycles. The summed E-state index contributed by atoms with van der Waals surface area (Å²) in [5, 5.41) is 10.7. The molecule has 0 bridgehead atoms. The van der Waals surface area contributed by atoms with E-state index in [0.717, 1.165) is 32.4 Å². The van der Waals surface area contributed by atoms with Crippen LogP contribution < -0.4 is 0 Å². The van der Waals surface area contributed by atoms with E-state index in [1.807, 2.05) is 4.90 Å². The Morgan fingerprint density at radius 3 is 2.45 bits per heavy atom. The van der Waals surface area contributed by atoms with Gasteiger partial charge in [-0.3, -0.25) is 14.9 Å². The second-order valence-electron chi connectivity index (χ2n) is 6.35. The molecular weight excluding hydrogens is 258 g/mol. The molecule has 2 aliphatic heterocycles. The van der Waals surface area contributed by atoms with Gasteiger partial charge in [0.1, 0.15) is 5.92 Å². The number of rotatable bonds is 3. The molecule has 1 saturated carbocycles. The van der Waals surface area contributed by atoms with Gasteiger partial charge in [0.25, 0.3) is 0 Å². The predicted octanol–water partition coefficient (Wildman–Crippen LogP) is 1.13. The first-order chi connectivity index (χ1) is 9.66. The zero-order valence-corrected chi connectivity index (χ0v) is 11.9. The van der Waals surface area contributed by atoms with Gasteiger partial charge in [-0.05, 0) is 45.2 Å². The van der Waals surface area contributed by atoms with Gasteiger partial charge in [0, 0.05) is 30.5 Å². The highest BCUT2D eigenvalue weighted by atomic mass is 16.6. The zero-order chi connectivity index (χ0) is 14.1. The van der Waals surface area contributed by atoms with Crippen molar-refractivity contribution in [3.05, 3.63) is 10.1 Å². The van der Waals surface area contributed by atoms with Crippen LogP contribution >= 0.6 is 0 Å². The van der Waals surface area contributed by atoms with Crippen molar-refractivity contribution >= 4 is 5.91 Å². The van der Waals surface area contributed by atoms with Crippen molar-refractivity contribution < 1.29 is 9.72 Å². The SMILES string of the molecule is O=C([C@@H]1C[C@@H]1[N+](=O)[O-])N1CCC[C@@H](N2CCCC2)CC1. The molecule has 0 aromatic rings. The summed E-state index contributed by atoms with van der Waals surface area (Å²) in [6, 6.07) is 0.000877. The van der Waals surface area contributed by atoms with Crippen molar-refractivity contribution in [1.29, 1.82) is 0 Å². The number of likely N-dealkylation sites (tertiary alicyclic amines) is 2. The lowest BCUT2D eigenvalue weighted by Gasteiger charge is -2.26. The second-order valence-corrected chi connectivity index (χ2v) is 6.35. The molecule has 3 aliphatic rings. The topological polar surface area (TPSA) is 66.7 Å². The van der Waals surface area contributed by atoms with Crippen LogP contribution in [0.5, 0.6) is 0 Å². The minimum absolute atomic E-state index is 0.0220. The van der Waals surface area contributed by atoms with E-state index in [4.69, 9.17) is 0 Å². The quantitative estimate of drug-likeness (QED) is 0.574. The Balaban J connectivity index is 1.52. The van der Waals surface area contributed by atoms with Crippen LogP contribution in [0.4, 0.5) is 0 Å². The molecule has 2 saturated heterocycles. The average molecular weight is 281 g/mol. The fourth-order valence-corrected chi connectivity index (χ4v) is 3.69. The molecule has 0 unspecified atom stereocenters. The second kappa shape index (κ2) is 5.68. The number of nitrogens with zero attached hydrogens (tertiary/aromatic N) is 3. The molecule has 20 heavy (non-hydrogen) atoms. The Kier molecular flexibility index (Phi) is 3.92. The van der Waals surface area contributed by atoms with E-state index < -0.39 is 6.04 Å². The molecule has 6 heteroatoms. The molecule has 112 valence electrons.